The van der Waals surface area contributed by atoms with Crippen molar-refractivity contribution < 1.29 is 18.3 Å². The number of carbonyl (C=O) groups is 1. The Bertz CT molecular complexity index is 493. The zero-order valence-electron chi connectivity index (χ0n) is 9.75. The van der Waals surface area contributed by atoms with E-state index in [4.69, 9.17) is 5.11 Å². The Morgan fingerprint density at radius 2 is 2.12 bits per heavy atom. The van der Waals surface area contributed by atoms with Gasteiger partial charge in [-0.05, 0) is 25.5 Å². The van der Waals surface area contributed by atoms with E-state index in [1.807, 2.05) is 6.92 Å². The molecule has 0 amide bonds. The molecule has 0 saturated heterocycles. The second kappa shape index (κ2) is 5.27. The van der Waals surface area contributed by atoms with Gasteiger partial charge < -0.3 is 5.11 Å². The molecule has 0 fully saturated rings. The number of pyridine rings is 1. The predicted molar refractivity (Wildman–Crippen MR) is 63.6 cm³/mol. The van der Waals surface area contributed by atoms with Gasteiger partial charge in [-0.25, -0.2) is 13.2 Å². The van der Waals surface area contributed by atoms with E-state index in [1.54, 1.807) is 6.92 Å². The van der Waals surface area contributed by atoms with Crippen molar-refractivity contribution in [3.63, 3.8) is 0 Å². The van der Waals surface area contributed by atoms with Crippen LogP contribution in [0.4, 0.5) is 0 Å². The van der Waals surface area contributed by atoms with E-state index < -0.39 is 21.1 Å². The van der Waals surface area contributed by atoms with Gasteiger partial charge in [0.15, 0.2) is 9.84 Å². The van der Waals surface area contributed by atoms with Gasteiger partial charge in [-0.2, -0.15) is 0 Å². The average Bonchev–Trinajstić information content (AvgIpc) is 2.28. The Labute approximate surface area is 100 Å². The Balaban J connectivity index is 2.86. The standard InChI is InChI=1S/C11H15NO4S/c1-3-8(2)17(15,16)7-10-5-4-9(6-12-10)11(13)14/h4-6,8H,3,7H2,1-2H3,(H,13,14). The summed E-state index contributed by atoms with van der Waals surface area (Å²) in [6.45, 7) is 3.46. The molecule has 0 bridgehead atoms. The van der Waals surface area contributed by atoms with Gasteiger partial charge in [-0.3, -0.25) is 4.98 Å². The second-order valence-corrected chi connectivity index (χ2v) is 6.29. The molecule has 0 aliphatic carbocycles. The highest BCUT2D eigenvalue weighted by Gasteiger charge is 2.20. The van der Waals surface area contributed by atoms with Gasteiger partial charge in [-0.1, -0.05) is 6.92 Å². The van der Waals surface area contributed by atoms with Gasteiger partial charge in [-0.15, -0.1) is 0 Å². The highest BCUT2D eigenvalue weighted by molar-refractivity contribution is 7.91. The predicted octanol–water partition coefficient (Wildman–Crippen LogP) is 1.49. The van der Waals surface area contributed by atoms with Crippen molar-refractivity contribution in [2.24, 2.45) is 0 Å². The van der Waals surface area contributed by atoms with Crippen LogP contribution in [0.2, 0.25) is 0 Å². The molecule has 1 aromatic heterocycles. The minimum Gasteiger partial charge on any atom is -0.478 e. The Morgan fingerprint density at radius 1 is 1.47 bits per heavy atom. The molecule has 0 aliphatic heterocycles. The van der Waals surface area contributed by atoms with E-state index in [1.165, 1.54) is 18.3 Å². The van der Waals surface area contributed by atoms with Crippen molar-refractivity contribution in [3.8, 4) is 0 Å². The van der Waals surface area contributed by atoms with Crippen LogP contribution in [0, 0.1) is 0 Å². The molecule has 0 saturated carbocycles. The largest absolute Gasteiger partial charge is 0.478 e. The maximum Gasteiger partial charge on any atom is 0.337 e. The summed E-state index contributed by atoms with van der Waals surface area (Å²) in [5, 5.41) is 8.26. The SMILES string of the molecule is CCC(C)S(=O)(=O)Cc1ccc(C(=O)O)cn1. The normalized spacial score (nSPS) is 13.3. The first-order valence-electron chi connectivity index (χ1n) is 5.26. The molecule has 1 unspecified atom stereocenters. The summed E-state index contributed by atoms with van der Waals surface area (Å²) in [5.74, 6) is -1.23. The molecule has 1 atom stereocenters. The van der Waals surface area contributed by atoms with Crippen molar-refractivity contribution in [1.29, 1.82) is 0 Å². The van der Waals surface area contributed by atoms with Gasteiger partial charge >= 0.3 is 5.97 Å². The van der Waals surface area contributed by atoms with Gasteiger partial charge in [0.25, 0.3) is 0 Å². The molecular formula is C11H15NO4S. The van der Waals surface area contributed by atoms with E-state index in [9.17, 15) is 13.2 Å². The minimum atomic E-state index is -3.21. The molecule has 1 N–H and O–H groups in total. The number of carboxylic acids is 1. The topological polar surface area (TPSA) is 84.3 Å². The quantitative estimate of drug-likeness (QED) is 0.864. The van der Waals surface area contributed by atoms with Gasteiger partial charge in [0.1, 0.15) is 0 Å². The number of carboxylic acid groups (broad SMARTS) is 1. The van der Waals surface area contributed by atoms with E-state index in [0.29, 0.717) is 12.1 Å². The third-order valence-electron chi connectivity index (χ3n) is 2.61. The smallest absolute Gasteiger partial charge is 0.337 e. The van der Waals surface area contributed by atoms with Crippen molar-refractivity contribution in [2.75, 3.05) is 0 Å². The Hall–Kier alpha value is -1.43. The molecule has 0 spiro atoms. The molecule has 1 heterocycles. The Morgan fingerprint density at radius 3 is 2.53 bits per heavy atom. The number of rotatable bonds is 5. The molecule has 0 radical (unpaired) electrons. The first kappa shape index (κ1) is 13.6. The number of nitrogens with zero attached hydrogens (tertiary/aromatic N) is 1. The third-order valence-corrected chi connectivity index (χ3v) is 4.87. The molecule has 0 aromatic carbocycles. The summed E-state index contributed by atoms with van der Waals surface area (Å²) >= 11 is 0. The van der Waals surface area contributed by atoms with Crippen LogP contribution < -0.4 is 0 Å². The lowest BCUT2D eigenvalue weighted by molar-refractivity contribution is 0.0696. The number of aromatic carboxylic acids is 1. The highest BCUT2D eigenvalue weighted by Crippen LogP contribution is 2.12. The van der Waals surface area contributed by atoms with Crippen LogP contribution in [0.3, 0.4) is 0 Å². The van der Waals surface area contributed by atoms with Crippen LogP contribution in [0.5, 0.6) is 0 Å². The summed E-state index contributed by atoms with van der Waals surface area (Å²) in [5.41, 5.74) is 0.421. The van der Waals surface area contributed by atoms with Gasteiger partial charge in [0.2, 0.25) is 0 Å². The summed E-state index contributed by atoms with van der Waals surface area (Å²) in [4.78, 5) is 14.4. The summed E-state index contributed by atoms with van der Waals surface area (Å²) < 4.78 is 23.6. The zero-order chi connectivity index (χ0) is 13.1. The van der Waals surface area contributed by atoms with E-state index >= 15 is 0 Å². The third kappa shape index (κ3) is 3.52. The van der Waals surface area contributed by atoms with Gasteiger partial charge in [0, 0.05) is 6.20 Å². The number of aromatic nitrogens is 1. The lowest BCUT2D eigenvalue weighted by Crippen LogP contribution is -2.19. The van der Waals surface area contributed by atoms with Crippen LogP contribution in [0.15, 0.2) is 18.3 Å². The lowest BCUT2D eigenvalue weighted by Gasteiger charge is -2.09. The van der Waals surface area contributed by atoms with E-state index in [0.717, 1.165) is 0 Å². The molecular weight excluding hydrogens is 242 g/mol. The van der Waals surface area contributed by atoms with Crippen LogP contribution >= 0.6 is 0 Å². The summed E-state index contributed by atoms with van der Waals surface area (Å²) in [6.07, 6.45) is 1.72. The summed E-state index contributed by atoms with van der Waals surface area (Å²) in [6, 6.07) is 2.79. The fourth-order valence-corrected chi connectivity index (χ4v) is 2.61. The van der Waals surface area contributed by atoms with E-state index in [2.05, 4.69) is 4.98 Å². The number of hydrogen-bond acceptors (Lipinski definition) is 4. The van der Waals surface area contributed by atoms with Crippen LogP contribution in [0.1, 0.15) is 36.3 Å². The van der Waals surface area contributed by atoms with Crippen molar-refractivity contribution >= 4 is 15.8 Å². The maximum absolute atomic E-state index is 11.8. The maximum atomic E-state index is 11.8. The molecule has 0 aliphatic rings. The second-order valence-electron chi connectivity index (χ2n) is 3.87. The number of sulfone groups is 1. The lowest BCUT2D eigenvalue weighted by atomic mass is 10.2. The van der Waals surface area contributed by atoms with Crippen LogP contribution in [0.25, 0.3) is 0 Å². The van der Waals surface area contributed by atoms with Crippen molar-refractivity contribution in [1.82, 2.24) is 4.98 Å². The van der Waals surface area contributed by atoms with Crippen LogP contribution in [-0.2, 0) is 15.6 Å². The molecule has 1 rings (SSSR count). The number of hydrogen-bond donors (Lipinski definition) is 1. The van der Waals surface area contributed by atoms with Crippen LogP contribution in [-0.4, -0.2) is 29.7 Å². The Kier molecular flexibility index (Phi) is 4.22. The van der Waals surface area contributed by atoms with Crippen molar-refractivity contribution in [3.05, 3.63) is 29.6 Å². The molecule has 1 aromatic rings. The van der Waals surface area contributed by atoms with Crippen molar-refractivity contribution in [2.45, 2.75) is 31.3 Å². The molecule has 17 heavy (non-hydrogen) atoms. The fourth-order valence-electron chi connectivity index (χ4n) is 1.24. The average molecular weight is 257 g/mol. The summed E-state index contributed by atoms with van der Waals surface area (Å²) in [7, 11) is -3.21. The minimum absolute atomic E-state index is 0.0506. The molecule has 6 heteroatoms. The monoisotopic (exact) mass is 257 g/mol. The highest BCUT2D eigenvalue weighted by atomic mass is 32.2. The van der Waals surface area contributed by atoms with E-state index in [-0.39, 0.29) is 11.3 Å². The molecule has 5 nitrogen and oxygen atoms in total. The first-order chi connectivity index (χ1) is 7.86. The van der Waals surface area contributed by atoms with Gasteiger partial charge in [0.05, 0.1) is 22.3 Å². The first-order valence-corrected chi connectivity index (χ1v) is 6.98. The molecule has 94 valence electrons. The zero-order valence-corrected chi connectivity index (χ0v) is 10.6. The fraction of sp³-hybridized carbons (Fsp3) is 0.455.